The van der Waals surface area contributed by atoms with Gasteiger partial charge in [0, 0.05) is 6.20 Å². The van der Waals surface area contributed by atoms with E-state index in [1.54, 1.807) is 19.2 Å². The molecule has 1 saturated heterocycles. The zero-order valence-electron chi connectivity index (χ0n) is 14.0. The van der Waals surface area contributed by atoms with Gasteiger partial charge in [0.15, 0.2) is 0 Å². The molecule has 0 spiro atoms. The minimum Gasteiger partial charge on any atom is -0.390 e. The zero-order valence-corrected chi connectivity index (χ0v) is 14.0. The summed E-state index contributed by atoms with van der Waals surface area (Å²) >= 11 is 0. The fourth-order valence-electron chi connectivity index (χ4n) is 2.83. The van der Waals surface area contributed by atoms with Gasteiger partial charge in [-0.2, -0.15) is 4.98 Å². The number of nitrogens with zero attached hydrogens (tertiary/aromatic N) is 2. The highest BCUT2D eigenvalue weighted by Crippen LogP contribution is 2.25. The van der Waals surface area contributed by atoms with E-state index in [2.05, 4.69) is 10.3 Å². The first kappa shape index (κ1) is 17.3. The van der Waals surface area contributed by atoms with Crippen molar-refractivity contribution in [2.45, 2.75) is 44.6 Å². The average molecular weight is 343 g/mol. The summed E-state index contributed by atoms with van der Waals surface area (Å²) in [5.41, 5.74) is 0.391. The lowest BCUT2D eigenvalue weighted by Crippen LogP contribution is -2.39. The molecule has 7 nitrogen and oxygen atoms in total. The van der Waals surface area contributed by atoms with Crippen LogP contribution >= 0.6 is 0 Å². The highest BCUT2D eigenvalue weighted by molar-refractivity contribution is 5.91. The summed E-state index contributed by atoms with van der Waals surface area (Å²) < 4.78 is 7.04. The fraction of sp³-hybridized carbons (Fsp3) is 0.389. The Bertz CT molecular complexity index is 790. The van der Waals surface area contributed by atoms with Gasteiger partial charge in [-0.05, 0) is 31.4 Å². The molecular weight excluding hydrogens is 322 g/mol. The van der Waals surface area contributed by atoms with Gasteiger partial charge in [0.1, 0.15) is 12.0 Å². The number of carbonyl (C=O) groups excluding carboxylic acids is 1. The van der Waals surface area contributed by atoms with Gasteiger partial charge in [0.2, 0.25) is 5.91 Å². The van der Waals surface area contributed by atoms with Crippen LogP contribution < -0.4 is 11.0 Å². The fourth-order valence-corrected chi connectivity index (χ4v) is 2.83. The van der Waals surface area contributed by atoms with Gasteiger partial charge >= 0.3 is 5.69 Å². The Balaban J connectivity index is 1.66. The normalized spacial score (nSPS) is 23.2. The van der Waals surface area contributed by atoms with Gasteiger partial charge in [-0.1, -0.05) is 30.3 Å². The molecule has 1 aromatic carbocycles. The lowest BCUT2D eigenvalue weighted by Gasteiger charge is -2.32. The summed E-state index contributed by atoms with van der Waals surface area (Å²) in [6.45, 7) is 1.77. The van der Waals surface area contributed by atoms with Crippen molar-refractivity contribution in [2.24, 2.45) is 0 Å². The number of amides is 1. The molecule has 25 heavy (non-hydrogen) atoms. The minimum absolute atomic E-state index is 0.214. The third-order valence-electron chi connectivity index (χ3n) is 4.24. The van der Waals surface area contributed by atoms with Crippen LogP contribution in [0.15, 0.2) is 47.4 Å². The number of hydrogen-bond acceptors (Lipinski definition) is 5. The van der Waals surface area contributed by atoms with Crippen molar-refractivity contribution in [1.29, 1.82) is 0 Å². The molecule has 0 radical (unpaired) electrons. The van der Waals surface area contributed by atoms with E-state index in [-0.39, 0.29) is 24.2 Å². The van der Waals surface area contributed by atoms with Gasteiger partial charge in [0.05, 0.1) is 18.6 Å². The van der Waals surface area contributed by atoms with Crippen LogP contribution in [0.25, 0.3) is 0 Å². The lowest BCUT2D eigenvalue weighted by atomic mass is 10.1. The van der Waals surface area contributed by atoms with Crippen molar-refractivity contribution in [3.63, 3.8) is 0 Å². The minimum atomic E-state index is -0.517. The number of rotatable bonds is 4. The number of anilines is 1. The maximum Gasteiger partial charge on any atom is 0.351 e. The molecule has 2 heterocycles. The Labute approximate surface area is 145 Å². The van der Waals surface area contributed by atoms with Crippen molar-refractivity contribution in [1.82, 2.24) is 9.55 Å². The van der Waals surface area contributed by atoms with Crippen LogP contribution in [-0.2, 0) is 16.0 Å². The molecule has 2 N–H and O–H groups in total. The third kappa shape index (κ3) is 4.32. The molecule has 132 valence electrons. The number of aromatic nitrogens is 2. The van der Waals surface area contributed by atoms with E-state index in [0.717, 1.165) is 5.56 Å². The van der Waals surface area contributed by atoms with Crippen molar-refractivity contribution < 1.29 is 14.6 Å². The van der Waals surface area contributed by atoms with Crippen LogP contribution in [0.2, 0.25) is 0 Å². The number of aliphatic hydroxyl groups excluding tert-OH is 1. The standard InChI is InChI=1S/C18H21N3O4/c1-12-14(22)7-8-17(25-12)21-10-9-15(20-18(21)24)19-16(23)11-13-5-3-2-4-6-13/h2-6,9-10,12,14,17,22H,7-8,11H2,1H3,(H,19,20,23,24). The van der Waals surface area contributed by atoms with E-state index in [9.17, 15) is 14.7 Å². The summed E-state index contributed by atoms with van der Waals surface area (Å²) in [5.74, 6) is -0.0208. The summed E-state index contributed by atoms with van der Waals surface area (Å²) in [6.07, 6.45) is 1.57. The van der Waals surface area contributed by atoms with Crippen LogP contribution in [0, 0.1) is 0 Å². The molecule has 3 unspecified atom stereocenters. The SMILES string of the molecule is CC1OC(n2ccc(NC(=O)Cc3ccccc3)nc2=O)CCC1O. The van der Waals surface area contributed by atoms with E-state index in [1.165, 1.54) is 4.57 Å². The van der Waals surface area contributed by atoms with Crippen LogP contribution in [-0.4, -0.2) is 32.8 Å². The van der Waals surface area contributed by atoms with Gasteiger partial charge in [-0.25, -0.2) is 4.79 Å². The summed E-state index contributed by atoms with van der Waals surface area (Å²) in [5, 5.41) is 12.3. The Morgan fingerprint density at radius 1 is 1.32 bits per heavy atom. The van der Waals surface area contributed by atoms with Gasteiger partial charge in [-0.15, -0.1) is 0 Å². The maximum absolute atomic E-state index is 12.2. The predicted molar refractivity (Wildman–Crippen MR) is 92.1 cm³/mol. The molecule has 0 saturated carbocycles. The quantitative estimate of drug-likeness (QED) is 0.877. The number of ether oxygens (including phenoxy) is 1. The number of nitrogens with one attached hydrogen (secondary N) is 1. The van der Waals surface area contributed by atoms with Crippen LogP contribution in [0.1, 0.15) is 31.6 Å². The Morgan fingerprint density at radius 2 is 2.08 bits per heavy atom. The molecule has 3 rings (SSSR count). The Morgan fingerprint density at radius 3 is 2.76 bits per heavy atom. The van der Waals surface area contributed by atoms with Crippen molar-refractivity contribution in [3.8, 4) is 0 Å². The molecule has 3 atom stereocenters. The van der Waals surface area contributed by atoms with E-state index in [4.69, 9.17) is 4.74 Å². The number of hydrogen-bond donors (Lipinski definition) is 2. The average Bonchev–Trinajstić information content (AvgIpc) is 2.58. The van der Waals surface area contributed by atoms with Crippen molar-refractivity contribution >= 4 is 11.7 Å². The molecule has 1 aliphatic heterocycles. The predicted octanol–water partition coefficient (Wildman–Crippen LogP) is 1.48. The van der Waals surface area contributed by atoms with E-state index < -0.39 is 18.0 Å². The van der Waals surface area contributed by atoms with Crippen molar-refractivity contribution in [2.75, 3.05) is 5.32 Å². The van der Waals surface area contributed by atoms with Gasteiger partial charge in [-0.3, -0.25) is 9.36 Å². The molecule has 1 aliphatic rings. The molecule has 1 fully saturated rings. The monoisotopic (exact) mass is 343 g/mol. The van der Waals surface area contributed by atoms with E-state index in [1.807, 2.05) is 30.3 Å². The first-order chi connectivity index (χ1) is 12.0. The largest absolute Gasteiger partial charge is 0.390 e. The molecule has 0 aliphatic carbocycles. The second kappa shape index (κ2) is 7.58. The highest BCUT2D eigenvalue weighted by atomic mass is 16.5. The second-order valence-electron chi connectivity index (χ2n) is 6.15. The molecular formula is C18H21N3O4. The third-order valence-corrected chi connectivity index (χ3v) is 4.24. The molecule has 1 aromatic heterocycles. The van der Waals surface area contributed by atoms with Crippen LogP contribution in [0.3, 0.4) is 0 Å². The van der Waals surface area contributed by atoms with E-state index in [0.29, 0.717) is 12.8 Å². The maximum atomic E-state index is 12.2. The molecule has 7 heteroatoms. The first-order valence-electron chi connectivity index (χ1n) is 8.29. The first-order valence-corrected chi connectivity index (χ1v) is 8.29. The summed E-state index contributed by atoms with van der Waals surface area (Å²) in [4.78, 5) is 28.2. The van der Waals surface area contributed by atoms with Gasteiger partial charge in [0.25, 0.3) is 0 Å². The highest BCUT2D eigenvalue weighted by Gasteiger charge is 2.28. The summed E-state index contributed by atoms with van der Waals surface area (Å²) in [7, 11) is 0. The number of aliphatic hydroxyl groups is 1. The summed E-state index contributed by atoms with van der Waals surface area (Å²) in [6, 6.07) is 10.9. The molecule has 2 aromatic rings. The van der Waals surface area contributed by atoms with Crippen LogP contribution in [0.5, 0.6) is 0 Å². The van der Waals surface area contributed by atoms with Crippen molar-refractivity contribution in [3.05, 3.63) is 58.6 Å². The second-order valence-corrected chi connectivity index (χ2v) is 6.15. The Hall–Kier alpha value is -2.51. The van der Waals surface area contributed by atoms with Crippen LogP contribution in [0.4, 0.5) is 5.82 Å². The lowest BCUT2D eigenvalue weighted by molar-refractivity contribution is -0.139. The zero-order chi connectivity index (χ0) is 17.8. The smallest absolute Gasteiger partial charge is 0.351 e. The van der Waals surface area contributed by atoms with E-state index >= 15 is 0 Å². The van der Waals surface area contributed by atoms with Gasteiger partial charge < -0.3 is 15.2 Å². The number of carbonyl (C=O) groups is 1. The number of benzene rings is 1. The molecule has 1 amide bonds. The Kier molecular flexibility index (Phi) is 5.25. The molecule has 0 bridgehead atoms. The topological polar surface area (TPSA) is 93.5 Å².